The molecule has 0 aliphatic carbocycles. The molecule has 0 amide bonds. The lowest BCUT2D eigenvalue weighted by molar-refractivity contribution is 1.18. The van der Waals surface area contributed by atoms with Crippen molar-refractivity contribution in [1.82, 2.24) is 15.0 Å². The van der Waals surface area contributed by atoms with Crippen LogP contribution >= 0.6 is 0 Å². The summed E-state index contributed by atoms with van der Waals surface area (Å²) in [6.45, 7) is 0. The van der Waals surface area contributed by atoms with Crippen LogP contribution in [0.3, 0.4) is 0 Å². The van der Waals surface area contributed by atoms with Crippen molar-refractivity contribution in [3.8, 4) is 56.2 Å². The maximum atomic E-state index is 4.98. The molecule has 0 atom stereocenters. The summed E-state index contributed by atoms with van der Waals surface area (Å²) in [4.78, 5) is 14.2. The number of hydrogen-bond donors (Lipinski definition) is 0. The van der Waals surface area contributed by atoms with Gasteiger partial charge in [-0.05, 0) is 41.0 Å². The van der Waals surface area contributed by atoms with Gasteiger partial charge in [0.1, 0.15) is 0 Å². The molecule has 170 valence electrons. The second-order valence-corrected chi connectivity index (χ2v) is 8.60. The molecule has 6 aromatic rings. The first kappa shape index (κ1) is 21.6. The minimum atomic E-state index is 0.709. The summed E-state index contributed by atoms with van der Waals surface area (Å²) in [6, 6.07) is 43.6. The molecule has 2 heterocycles. The average molecular weight is 462 g/mol. The highest BCUT2D eigenvalue weighted by molar-refractivity contribution is 5.77. The SMILES string of the molecule is c1ccc(-c2cc(-c3ccccc3)nc(-c3cccc(-c4cccc(-c5cccnc5)c4)c3)n2)cc1. The van der Waals surface area contributed by atoms with Crippen molar-refractivity contribution in [2.24, 2.45) is 0 Å². The molecule has 3 nitrogen and oxygen atoms in total. The Morgan fingerprint density at radius 3 is 1.39 bits per heavy atom. The van der Waals surface area contributed by atoms with Crippen LogP contribution in [0, 0.1) is 0 Å². The molecule has 0 saturated heterocycles. The Hall–Kier alpha value is -4.89. The molecule has 0 aliphatic rings. The summed E-state index contributed by atoms with van der Waals surface area (Å²) in [5.74, 6) is 0.709. The van der Waals surface area contributed by atoms with E-state index in [2.05, 4.69) is 89.9 Å². The fourth-order valence-corrected chi connectivity index (χ4v) is 4.34. The number of benzene rings is 4. The van der Waals surface area contributed by atoms with Crippen LogP contribution in [0.1, 0.15) is 0 Å². The first-order chi connectivity index (χ1) is 17.8. The summed E-state index contributed by atoms with van der Waals surface area (Å²) in [5.41, 5.74) is 9.42. The van der Waals surface area contributed by atoms with Gasteiger partial charge in [0, 0.05) is 34.6 Å². The molecule has 0 saturated carbocycles. The molecule has 2 aromatic heterocycles. The molecule has 0 bridgehead atoms. The highest BCUT2D eigenvalue weighted by Gasteiger charge is 2.11. The van der Waals surface area contributed by atoms with Crippen LogP contribution in [0.15, 0.2) is 140 Å². The number of hydrogen-bond acceptors (Lipinski definition) is 3. The highest BCUT2D eigenvalue weighted by atomic mass is 14.9. The van der Waals surface area contributed by atoms with Crippen molar-refractivity contribution >= 4 is 0 Å². The summed E-state index contributed by atoms with van der Waals surface area (Å²) in [7, 11) is 0. The Morgan fingerprint density at radius 1 is 0.361 bits per heavy atom. The van der Waals surface area contributed by atoms with E-state index >= 15 is 0 Å². The number of pyridine rings is 1. The molecule has 0 fully saturated rings. The van der Waals surface area contributed by atoms with Gasteiger partial charge < -0.3 is 0 Å². The van der Waals surface area contributed by atoms with Crippen LogP contribution in [0.2, 0.25) is 0 Å². The Bertz CT molecular complexity index is 1550. The van der Waals surface area contributed by atoms with Gasteiger partial charge in [0.25, 0.3) is 0 Å². The van der Waals surface area contributed by atoms with Crippen molar-refractivity contribution in [3.63, 3.8) is 0 Å². The highest BCUT2D eigenvalue weighted by Crippen LogP contribution is 2.31. The van der Waals surface area contributed by atoms with Gasteiger partial charge in [0.05, 0.1) is 11.4 Å². The zero-order chi connectivity index (χ0) is 24.2. The second kappa shape index (κ2) is 9.77. The lowest BCUT2D eigenvalue weighted by Crippen LogP contribution is -1.96. The Balaban J connectivity index is 1.45. The summed E-state index contributed by atoms with van der Waals surface area (Å²) in [6.07, 6.45) is 3.69. The molecular formula is C33H23N3. The summed E-state index contributed by atoms with van der Waals surface area (Å²) < 4.78 is 0. The van der Waals surface area contributed by atoms with Crippen molar-refractivity contribution in [1.29, 1.82) is 0 Å². The molecule has 36 heavy (non-hydrogen) atoms. The van der Waals surface area contributed by atoms with E-state index in [4.69, 9.17) is 9.97 Å². The summed E-state index contributed by atoms with van der Waals surface area (Å²) in [5, 5.41) is 0. The van der Waals surface area contributed by atoms with Crippen LogP contribution in [-0.4, -0.2) is 15.0 Å². The van der Waals surface area contributed by atoms with Gasteiger partial charge in [0.2, 0.25) is 0 Å². The number of aromatic nitrogens is 3. The molecule has 0 radical (unpaired) electrons. The quantitative estimate of drug-likeness (QED) is 0.260. The summed E-state index contributed by atoms with van der Waals surface area (Å²) >= 11 is 0. The first-order valence-corrected chi connectivity index (χ1v) is 11.9. The van der Waals surface area contributed by atoms with E-state index in [1.807, 2.05) is 48.7 Å². The van der Waals surface area contributed by atoms with Crippen molar-refractivity contribution in [3.05, 3.63) is 140 Å². The minimum absolute atomic E-state index is 0.709. The third-order valence-corrected chi connectivity index (χ3v) is 6.18. The monoisotopic (exact) mass is 461 g/mol. The van der Waals surface area contributed by atoms with E-state index in [0.29, 0.717) is 5.82 Å². The van der Waals surface area contributed by atoms with E-state index in [9.17, 15) is 0 Å². The largest absolute Gasteiger partial charge is 0.264 e. The van der Waals surface area contributed by atoms with Crippen molar-refractivity contribution in [2.75, 3.05) is 0 Å². The molecule has 0 aliphatic heterocycles. The zero-order valence-corrected chi connectivity index (χ0v) is 19.6. The fourth-order valence-electron chi connectivity index (χ4n) is 4.34. The Labute approximate surface area is 210 Å². The predicted octanol–water partition coefficient (Wildman–Crippen LogP) is 8.21. The zero-order valence-electron chi connectivity index (χ0n) is 19.6. The maximum Gasteiger partial charge on any atom is 0.160 e. The van der Waals surface area contributed by atoms with Crippen LogP contribution in [0.4, 0.5) is 0 Å². The molecular weight excluding hydrogens is 438 g/mol. The average Bonchev–Trinajstić information content (AvgIpc) is 2.98. The van der Waals surface area contributed by atoms with Gasteiger partial charge in [-0.1, -0.05) is 103 Å². The molecule has 0 spiro atoms. The van der Waals surface area contributed by atoms with Gasteiger partial charge in [-0.2, -0.15) is 0 Å². The van der Waals surface area contributed by atoms with E-state index < -0.39 is 0 Å². The molecule has 6 rings (SSSR count). The molecule has 4 aromatic carbocycles. The standard InChI is InChI=1S/C33H23N3/c1-3-10-24(11-4-1)31-22-32(25-12-5-2-6-13-25)36-33(35-31)29-17-8-15-27(21-29)26-14-7-16-28(20-26)30-18-9-19-34-23-30/h1-23H. The smallest absolute Gasteiger partial charge is 0.160 e. The van der Waals surface area contributed by atoms with Gasteiger partial charge in [-0.3, -0.25) is 4.98 Å². The third kappa shape index (κ3) is 4.55. The molecule has 0 N–H and O–H groups in total. The van der Waals surface area contributed by atoms with E-state index in [1.54, 1.807) is 6.20 Å². The van der Waals surface area contributed by atoms with E-state index in [-0.39, 0.29) is 0 Å². The van der Waals surface area contributed by atoms with Crippen LogP contribution in [0.25, 0.3) is 56.2 Å². The lowest BCUT2D eigenvalue weighted by Gasteiger charge is -2.11. The molecule has 0 unspecified atom stereocenters. The van der Waals surface area contributed by atoms with Crippen LogP contribution in [-0.2, 0) is 0 Å². The third-order valence-electron chi connectivity index (χ3n) is 6.18. The lowest BCUT2D eigenvalue weighted by atomic mass is 9.98. The van der Waals surface area contributed by atoms with Gasteiger partial charge >= 0.3 is 0 Å². The van der Waals surface area contributed by atoms with Gasteiger partial charge in [0.15, 0.2) is 5.82 Å². The van der Waals surface area contributed by atoms with Gasteiger partial charge in [-0.25, -0.2) is 9.97 Å². The number of nitrogens with zero attached hydrogens (tertiary/aromatic N) is 3. The Morgan fingerprint density at radius 2 is 0.833 bits per heavy atom. The van der Waals surface area contributed by atoms with Crippen LogP contribution in [0.5, 0.6) is 0 Å². The normalized spacial score (nSPS) is 10.8. The second-order valence-electron chi connectivity index (χ2n) is 8.60. The Kier molecular flexibility index (Phi) is 5.87. The van der Waals surface area contributed by atoms with Crippen molar-refractivity contribution in [2.45, 2.75) is 0 Å². The minimum Gasteiger partial charge on any atom is -0.264 e. The van der Waals surface area contributed by atoms with Gasteiger partial charge in [-0.15, -0.1) is 0 Å². The first-order valence-electron chi connectivity index (χ1n) is 11.9. The van der Waals surface area contributed by atoms with Crippen LogP contribution < -0.4 is 0 Å². The van der Waals surface area contributed by atoms with E-state index in [1.165, 1.54) is 0 Å². The predicted molar refractivity (Wildman–Crippen MR) is 147 cm³/mol. The topological polar surface area (TPSA) is 38.7 Å². The maximum absolute atomic E-state index is 4.98. The van der Waals surface area contributed by atoms with E-state index in [0.717, 1.165) is 50.3 Å². The number of rotatable bonds is 5. The molecule has 3 heteroatoms. The van der Waals surface area contributed by atoms with Crippen molar-refractivity contribution < 1.29 is 0 Å². The fraction of sp³-hybridized carbons (Fsp3) is 0.